The number of hydrogen-bond acceptors (Lipinski definition) is 4. The van der Waals surface area contributed by atoms with Crippen molar-refractivity contribution in [2.24, 2.45) is 0 Å². The molecule has 8 nitrogen and oxygen atoms in total. The van der Waals surface area contributed by atoms with Crippen LogP contribution in [0.1, 0.15) is 22.3 Å². The van der Waals surface area contributed by atoms with Crippen LogP contribution in [0.5, 0.6) is 0 Å². The Labute approximate surface area is 262 Å². The molecule has 5 aromatic carbocycles. The van der Waals surface area contributed by atoms with Gasteiger partial charge in [-0.25, -0.2) is 19.2 Å². The fourth-order valence-electron chi connectivity index (χ4n) is 5.45. The Morgan fingerprint density at radius 2 is 0.630 bits per heavy atom. The van der Waals surface area contributed by atoms with Gasteiger partial charge in [-0.1, -0.05) is 48.5 Å². The topological polar surface area (TPSA) is 149 Å². The molecule has 0 aliphatic heterocycles. The van der Waals surface area contributed by atoms with E-state index in [1.165, 1.54) is 24.3 Å². The number of fused-ring (bicyclic) bond motifs is 2. The number of carbonyl (C=O) groups is 4. The zero-order valence-corrected chi connectivity index (χ0v) is 24.1. The van der Waals surface area contributed by atoms with Gasteiger partial charge in [-0.2, -0.15) is 0 Å². The van der Waals surface area contributed by atoms with Crippen LogP contribution in [0.3, 0.4) is 0 Å². The molecule has 226 valence electrons. The highest BCUT2D eigenvalue weighted by atomic mass is 16.4. The number of hydrogen-bond donors (Lipinski definition) is 4. The molecule has 0 atom stereocenters. The number of rotatable bonds is 10. The summed E-state index contributed by atoms with van der Waals surface area (Å²) in [6.07, 6.45) is 9.87. The summed E-state index contributed by atoms with van der Waals surface area (Å²) >= 11 is 0. The van der Waals surface area contributed by atoms with Crippen molar-refractivity contribution in [2.45, 2.75) is 0 Å². The van der Waals surface area contributed by atoms with Crippen LogP contribution in [0, 0.1) is 0 Å². The second-order valence-corrected chi connectivity index (χ2v) is 10.3. The SMILES string of the molecule is O=C(O)/C=C/c1cc(/C=C/C(=O)O)cc(-c2c3ccccc3c(-c3cc(/C=C/C(=O)O)cc(/C=C/C(=O)O)c3)c3ccccc23)c1. The summed E-state index contributed by atoms with van der Waals surface area (Å²) in [5, 5.41) is 40.4. The first kappa shape index (κ1) is 30.9. The Kier molecular flexibility index (Phi) is 9.00. The van der Waals surface area contributed by atoms with Gasteiger partial charge in [0.1, 0.15) is 0 Å². The number of aliphatic carboxylic acids is 4. The van der Waals surface area contributed by atoms with Gasteiger partial charge in [0.05, 0.1) is 0 Å². The zero-order valence-electron chi connectivity index (χ0n) is 24.1. The predicted molar refractivity (Wildman–Crippen MR) is 179 cm³/mol. The summed E-state index contributed by atoms with van der Waals surface area (Å²) in [4.78, 5) is 45.2. The third-order valence-corrected chi connectivity index (χ3v) is 7.14. The largest absolute Gasteiger partial charge is 0.478 e. The van der Waals surface area contributed by atoms with Crippen molar-refractivity contribution in [2.75, 3.05) is 0 Å². The summed E-state index contributed by atoms with van der Waals surface area (Å²) < 4.78 is 0. The third-order valence-electron chi connectivity index (χ3n) is 7.14. The average Bonchev–Trinajstić information content (AvgIpc) is 3.03. The molecule has 0 saturated carbocycles. The van der Waals surface area contributed by atoms with Crippen molar-refractivity contribution in [3.05, 3.63) is 131 Å². The maximum atomic E-state index is 11.3. The molecular formula is C38H26O8. The highest BCUT2D eigenvalue weighted by Gasteiger charge is 2.18. The normalized spacial score (nSPS) is 11.8. The van der Waals surface area contributed by atoms with E-state index in [1.807, 2.05) is 72.8 Å². The minimum Gasteiger partial charge on any atom is -0.478 e. The molecule has 0 radical (unpaired) electrons. The maximum Gasteiger partial charge on any atom is 0.328 e. The summed E-state index contributed by atoms with van der Waals surface area (Å²) in [5.74, 6) is -4.48. The standard InChI is InChI=1S/C38H26O8/c39-33(40)13-9-23-17-24(10-14-34(41)42)20-27(19-23)37-29-5-1-2-6-30(29)38(32-8-4-3-7-31(32)37)28-21-25(11-15-35(43)44)18-26(22-28)12-16-36(45)46/h1-22H,(H,39,40)(H,41,42)(H,43,44)(H,45,46)/b13-9+,14-10+,15-11+,16-12+. The van der Waals surface area contributed by atoms with E-state index >= 15 is 0 Å². The van der Waals surface area contributed by atoms with Crippen LogP contribution in [0.4, 0.5) is 0 Å². The molecule has 0 bridgehead atoms. The molecular weight excluding hydrogens is 584 g/mol. The summed E-state index contributed by atoms with van der Waals surface area (Å²) in [6, 6.07) is 26.2. The molecule has 0 saturated heterocycles. The Balaban J connectivity index is 1.86. The van der Waals surface area contributed by atoms with E-state index in [-0.39, 0.29) is 0 Å². The van der Waals surface area contributed by atoms with Crippen LogP contribution in [0.25, 0.3) is 68.1 Å². The molecule has 8 heteroatoms. The van der Waals surface area contributed by atoms with E-state index < -0.39 is 23.9 Å². The highest BCUT2D eigenvalue weighted by molar-refractivity contribution is 6.21. The lowest BCUT2D eigenvalue weighted by atomic mass is 9.84. The van der Waals surface area contributed by atoms with E-state index in [9.17, 15) is 39.6 Å². The van der Waals surface area contributed by atoms with Crippen molar-refractivity contribution < 1.29 is 39.6 Å². The van der Waals surface area contributed by atoms with Crippen LogP contribution in [0.2, 0.25) is 0 Å². The summed E-state index contributed by atoms with van der Waals surface area (Å²) in [6.45, 7) is 0. The predicted octanol–water partition coefficient (Wildman–Crippen LogP) is 7.72. The molecule has 0 aliphatic rings. The summed E-state index contributed by atoms with van der Waals surface area (Å²) in [7, 11) is 0. The first-order valence-electron chi connectivity index (χ1n) is 14.0. The van der Waals surface area contributed by atoms with Gasteiger partial charge < -0.3 is 20.4 Å². The number of benzene rings is 5. The third kappa shape index (κ3) is 7.15. The lowest BCUT2D eigenvalue weighted by molar-refractivity contribution is -0.132. The molecule has 46 heavy (non-hydrogen) atoms. The van der Waals surface area contributed by atoms with Crippen LogP contribution < -0.4 is 0 Å². The fourth-order valence-corrected chi connectivity index (χ4v) is 5.45. The Morgan fingerprint density at radius 3 is 0.848 bits per heavy atom. The van der Waals surface area contributed by atoms with Gasteiger partial charge in [0.2, 0.25) is 0 Å². The Bertz CT molecular complexity index is 1870. The van der Waals surface area contributed by atoms with E-state index in [1.54, 1.807) is 12.1 Å². The Morgan fingerprint density at radius 1 is 0.391 bits per heavy atom. The van der Waals surface area contributed by atoms with Gasteiger partial charge in [-0.05, 0) is 127 Å². The van der Waals surface area contributed by atoms with Crippen LogP contribution in [-0.2, 0) is 19.2 Å². The van der Waals surface area contributed by atoms with E-state index in [4.69, 9.17) is 0 Å². The number of carboxylic acid groups (broad SMARTS) is 4. The van der Waals surface area contributed by atoms with E-state index in [0.29, 0.717) is 22.3 Å². The molecule has 0 aromatic heterocycles. The van der Waals surface area contributed by atoms with Gasteiger partial charge >= 0.3 is 23.9 Å². The van der Waals surface area contributed by atoms with Crippen LogP contribution in [-0.4, -0.2) is 44.3 Å². The Hall–Kier alpha value is -6.54. The zero-order chi connectivity index (χ0) is 32.8. The molecule has 0 amide bonds. The first-order valence-corrected chi connectivity index (χ1v) is 14.0. The van der Waals surface area contributed by atoms with Crippen molar-refractivity contribution in [1.29, 1.82) is 0 Å². The molecule has 0 fully saturated rings. The van der Waals surface area contributed by atoms with E-state index in [0.717, 1.165) is 68.1 Å². The van der Waals surface area contributed by atoms with Crippen molar-refractivity contribution in [3.8, 4) is 22.3 Å². The van der Waals surface area contributed by atoms with Crippen molar-refractivity contribution in [1.82, 2.24) is 0 Å². The minimum absolute atomic E-state index is 0.565. The molecule has 0 heterocycles. The summed E-state index contributed by atoms with van der Waals surface area (Å²) in [5.41, 5.74) is 5.42. The van der Waals surface area contributed by atoms with Crippen molar-refractivity contribution in [3.63, 3.8) is 0 Å². The average molecular weight is 611 g/mol. The quantitative estimate of drug-likeness (QED) is 0.0928. The molecule has 5 rings (SSSR count). The minimum atomic E-state index is -1.12. The number of carboxylic acids is 4. The molecule has 0 spiro atoms. The second kappa shape index (κ2) is 13.4. The lowest BCUT2D eigenvalue weighted by Gasteiger charge is -2.19. The van der Waals surface area contributed by atoms with Gasteiger partial charge in [-0.3, -0.25) is 0 Å². The maximum absolute atomic E-state index is 11.3. The van der Waals surface area contributed by atoms with Crippen LogP contribution >= 0.6 is 0 Å². The lowest BCUT2D eigenvalue weighted by Crippen LogP contribution is -1.94. The van der Waals surface area contributed by atoms with Crippen molar-refractivity contribution >= 4 is 69.7 Å². The van der Waals surface area contributed by atoms with Gasteiger partial charge in [-0.15, -0.1) is 0 Å². The monoisotopic (exact) mass is 610 g/mol. The van der Waals surface area contributed by atoms with E-state index in [2.05, 4.69) is 0 Å². The van der Waals surface area contributed by atoms with Crippen LogP contribution in [0.15, 0.2) is 109 Å². The first-order chi connectivity index (χ1) is 22.1. The smallest absolute Gasteiger partial charge is 0.328 e. The highest BCUT2D eigenvalue weighted by Crippen LogP contribution is 2.44. The molecule has 0 aliphatic carbocycles. The van der Waals surface area contributed by atoms with Gasteiger partial charge in [0.25, 0.3) is 0 Å². The van der Waals surface area contributed by atoms with Gasteiger partial charge in [0, 0.05) is 24.3 Å². The molecule has 5 aromatic rings. The molecule has 4 N–H and O–H groups in total. The fraction of sp³-hybridized carbons (Fsp3) is 0. The second-order valence-electron chi connectivity index (χ2n) is 10.3. The molecule has 0 unspecified atom stereocenters. The van der Waals surface area contributed by atoms with Gasteiger partial charge in [0.15, 0.2) is 0 Å².